The van der Waals surface area contributed by atoms with Crippen LogP contribution in [0.2, 0.25) is 5.02 Å². The summed E-state index contributed by atoms with van der Waals surface area (Å²) in [5.74, 6) is -1.98. The number of carboxylic acids is 1. The molecule has 0 aliphatic rings. The van der Waals surface area contributed by atoms with Gasteiger partial charge in [0.05, 0.1) is 11.0 Å². The molecule has 1 aromatic rings. The lowest BCUT2D eigenvalue weighted by atomic mass is 10.2. The average molecular weight is 174 g/mol. The first kappa shape index (κ1) is 8.01. The quantitative estimate of drug-likeness (QED) is 0.632. The van der Waals surface area contributed by atoms with Gasteiger partial charge in [-0.15, -0.1) is 0 Å². The summed E-state index contributed by atoms with van der Waals surface area (Å²) < 4.78 is 12.3. The maximum absolute atomic E-state index is 12.3. The number of carbonyl (C=O) groups is 1. The summed E-state index contributed by atoms with van der Waals surface area (Å²) in [5.41, 5.74) is -0.201. The minimum absolute atomic E-state index is 0.148. The number of aromatic carboxylic acids is 1. The van der Waals surface area contributed by atoms with E-state index < -0.39 is 11.8 Å². The highest BCUT2D eigenvalue weighted by molar-refractivity contribution is 6.33. The maximum Gasteiger partial charge on any atom is 0.124 e. The molecule has 0 saturated heterocycles. The first-order chi connectivity index (χ1) is 5.11. The molecular formula is C7H3ClFO2-. The Kier molecular flexibility index (Phi) is 2.10. The molecule has 58 valence electrons. The molecule has 0 spiro atoms. The third-order valence-corrected chi connectivity index (χ3v) is 1.46. The highest BCUT2D eigenvalue weighted by Crippen LogP contribution is 2.15. The molecular weight excluding hydrogens is 171 g/mol. The van der Waals surface area contributed by atoms with Gasteiger partial charge in [-0.1, -0.05) is 11.6 Å². The van der Waals surface area contributed by atoms with Crippen molar-refractivity contribution in [3.8, 4) is 0 Å². The van der Waals surface area contributed by atoms with Crippen LogP contribution in [-0.2, 0) is 0 Å². The van der Waals surface area contributed by atoms with Crippen LogP contribution in [0.5, 0.6) is 0 Å². The van der Waals surface area contributed by atoms with Gasteiger partial charge in [-0.2, -0.15) is 0 Å². The molecule has 1 rings (SSSR count). The zero-order chi connectivity index (χ0) is 8.43. The number of halogens is 2. The maximum atomic E-state index is 12.3. The Bertz CT molecular complexity index is 298. The Morgan fingerprint density at radius 1 is 1.55 bits per heavy atom. The molecule has 0 fully saturated rings. The first-order valence-corrected chi connectivity index (χ1v) is 3.15. The van der Waals surface area contributed by atoms with Gasteiger partial charge in [0.15, 0.2) is 0 Å². The third kappa shape index (κ3) is 1.68. The molecule has 0 N–H and O–H groups in total. The second-order valence-electron chi connectivity index (χ2n) is 1.91. The first-order valence-electron chi connectivity index (χ1n) is 2.77. The Morgan fingerprint density at radius 3 is 2.64 bits per heavy atom. The van der Waals surface area contributed by atoms with Crippen molar-refractivity contribution in [1.29, 1.82) is 0 Å². The van der Waals surface area contributed by atoms with Gasteiger partial charge in [0.2, 0.25) is 0 Å². The normalized spacial score (nSPS) is 9.64. The minimum Gasteiger partial charge on any atom is -0.545 e. The van der Waals surface area contributed by atoms with Crippen LogP contribution in [0.3, 0.4) is 0 Å². The van der Waals surface area contributed by atoms with E-state index in [1.165, 1.54) is 0 Å². The van der Waals surface area contributed by atoms with Crippen LogP contribution < -0.4 is 5.11 Å². The van der Waals surface area contributed by atoms with Crippen molar-refractivity contribution in [2.75, 3.05) is 0 Å². The largest absolute Gasteiger partial charge is 0.545 e. The fourth-order valence-corrected chi connectivity index (χ4v) is 0.899. The van der Waals surface area contributed by atoms with Crippen molar-refractivity contribution >= 4 is 17.6 Å². The second kappa shape index (κ2) is 2.88. The highest BCUT2D eigenvalue weighted by atomic mass is 35.5. The standard InChI is InChI=1S/C7H4ClFO2/c8-6-3-4(9)1-2-5(6)7(10)11/h1-3H,(H,10,11)/p-1. The van der Waals surface area contributed by atoms with E-state index in [0.29, 0.717) is 0 Å². The number of carbonyl (C=O) groups excluding carboxylic acids is 1. The van der Waals surface area contributed by atoms with Crippen LogP contribution in [0.15, 0.2) is 18.2 Å². The summed E-state index contributed by atoms with van der Waals surface area (Å²) in [6.45, 7) is 0. The fourth-order valence-electron chi connectivity index (χ4n) is 0.655. The molecule has 0 radical (unpaired) electrons. The Hall–Kier alpha value is -1.09. The second-order valence-corrected chi connectivity index (χ2v) is 2.32. The van der Waals surface area contributed by atoms with Crippen LogP contribution in [-0.4, -0.2) is 5.97 Å². The van der Waals surface area contributed by atoms with E-state index in [1.54, 1.807) is 0 Å². The van der Waals surface area contributed by atoms with Crippen molar-refractivity contribution in [3.05, 3.63) is 34.6 Å². The lowest BCUT2D eigenvalue weighted by molar-refractivity contribution is -0.255. The summed E-state index contributed by atoms with van der Waals surface area (Å²) in [4.78, 5) is 10.2. The third-order valence-electron chi connectivity index (χ3n) is 1.15. The SMILES string of the molecule is O=C([O-])c1ccc(F)cc1Cl. The summed E-state index contributed by atoms with van der Waals surface area (Å²) in [5, 5.41) is 10.1. The van der Waals surface area contributed by atoms with Crippen LogP contribution in [0, 0.1) is 5.82 Å². The number of benzene rings is 1. The van der Waals surface area contributed by atoms with E-state index in [1.807, 2.05) is 0 Å². The van der Waals surface area contributed by atoms with Crippen LogP contribution >= 0.6 is 11.6 Å². The van der Waals surface area contributed by atoms with Crippen molar-refractivity contribution in [3.63, 3.8) is 0 Å². The molecule has 0 heterocycles. The molecule has 0 saturated carbocycles. The van der Waals surface area contributed by atoms with Crippen LogP contribution in [0.1, 0.15) is 10.4 Å². The van der Waals surface area contributed by atoms with Gasteiger partial charge in [-0.3, -0.25) is 0 Å². The number of hydrogen-bond donors (Lipinski definition) is 0. The number of carboxylic acid groups (broad SMARTS) is 1. The Morgan fingerprint density at radius 2 is 2.18 bits per heavy atom. The van der Waals surface area contributed by atoms with Gasteiger partial charge in [0.25, 0.3) is 0 Å². The van der Waals surface area contributed by atoms with E-state index in [4.69, 9.17) is 11.6 Å². The molecule has 11 heavy (non-hydrogen) atoms. The predicted octanol–water partition coefficient (Wildman–Crippen LogP) is 0.843. The average Bonchev–Trinajstić information content (AvgIpc) is 1.85. The fraction of sp³-hybridized carbons (Fsp3) is 0. The summed E-state index contributed by atoms with van der Waals surface area (Å²) >= 11 is 5.36. The van der Waals surface area contributed by atoms with Crippen molar-refractivity contribution in [1.82, 2.24) is 0 Å². The van der Waals surface area contributed by atoms with Crippen LogP contribution in [0.4, 0.5) is 4.39 Å². The smallest absolute Gasteiger partial charge is 0.124 e. The molecule has 4 heteroatoms. The van der Waals surface area contributed by atoms with Gasteiger partial charge < -0.3 is 9.90 Å². The number of rotatable bonds is 1. The van der Waals surface area contributed by atoms with Crippen molar-refractivity contribution < 1.29 is 14.3 Å². The summed E-state index contributed by atoms with van der Waals surface area (Å²) in [7, 11) is 0. The number of hydrogen-bond acceptors (Lipinski definition) is 2. The lowest BCUT2D eigenvalue weighted by Gasteiger charge is -2.03. The summed E-state index contributed by atoms with van der Waals surface area (Å²) in [6.07, 6.45) is 0. The van der Waals surface area contributed by atoms with Gasteiger partial charge in [-0.25, -0.2) is 4.39 Å². The molecule has 1 aromatic carbocycles. The molecule has 0 amide bonds. The van der Waals surface area contributed by atoms with E-state index >= 15 is 0 Å². The zero-order valence-electron chi connectivity index (χ0n) is 5.30. The van der Waals surface area contributed by atoms with E-state index in [0.717, 1.165) is 18.2 Å². The monoisotopic (exact) mass is 173 g/mol. The van der Waals surface area contributed by atoms with E-state index in [2.05, 4.69) is 0 Å². The van der Waals surface area contributed by atoms with Crippen LogP contribution in [0.25, 0.3) is 0 Å². The molecule has 2 nitrogen and oxygen atoms in total. The highest BCUT2D eigenvalue weighted by Gasteiger charge is 2.01. The van der Waals surface area contributed by atoms with Crippen molar-refractivity contribution in [2.45, 2.75) is 0 Å². The summed E-state index contributed by atoms with van der Waals surface area (Å²) in [6, 6.07) is 3.00. The minimum atomic E-state index is -1.41. The van der Waals surface area contributed by atoms with Gasteiger partial charge >= 0.3 is 0 Å². The van der Waals surface area contributed by atoms with Gasteiger partial charge in [-0.05, 0) is 18.2 Å². The molecule has 0 unspecified atom stereocenters. The van der Waals surface area contributed by atoms with E-state index in [9.17, 15) is 14.3 Å². The zero-order valence-corrected chi connectivity index (χ0v) is 6.06. The lowest BCUT2D eigenvalue weighted by Crippen LogP contribution is -2.22. The molecule has 0 aliphatic heterocycles. The topological polar surface area (TPSA) is 40.1 Å². The van der Waals surface area contributed by atoms with Crippen molar-refractivity contribution in [2.24, 2.45) is 0 Å². The predicted molar refractivity (Wildman–Crippen MR) is 35.7 cm³/mol. The van der Waals surface area contributed by atoms with E-state index in [-0.39, 0.29) is 10.6 Å². The van der Waals surface area contributed by atoms with Gasteiger partial charge in [0.1, 0.15) is 5.82 Å². The van der Waals surface area contributed by atoms with Gasteiger partial charge in [0, 0.05) is 5.56 Å². The molecule has 0 aromatic heterocycles. The molecule has 0 atom stereocenters. The molecule has 0 aliphatic carbocycles. The Labute approximate surface area is 67.2 Å². The Balaban J connectivity index is 3.20. The molecule has 0 bridgehead atoms.